The zero-order chi connectivity index (χ0) is 12.1. The molecular formula is C8H9AsClN3O3. The monoisotopic (exact) mass is 305 g/mol. The standard InChI is InChI=1S/C8H9AsClN3O3/c1-2-3-4-16-8-11-6(9)5(13(14)15)7(10)12-8/h2-4H2,1H3. The Kier molecular flexibility index (Phi) is 4.96. The first kappa shape index (κ1) is 13.2. The minimum atomic E-state index is -0.619. The van der Waals surface area contributed by atoms with Gasteiger partial charge in [-0.15, -0.1) is 0 Å². The molecule has 0 aliphatic carbocycles. The van der Waals surface area contributed by atoms with Crippen LogP contribution >= 0.6 is 11.6 Å². The van der Waals surface area contributed by atoms with Gasteiger partial charge in [0.25, 0.3) is 0 Å². The molecule has 2 radical (unpaired) electrons. The summed E-state index contributed by atoms with van der Waals surface area (Å²) in [4.78, 5) is 17.5. The van der Waals surface area contributed by atoms with Gasteiger partial charge in [0.1, 0.15) is 0 Å². The molecule has 0 fully saturated rings. The molecule has 0 saturated heterocycles. The fraction of sp³-hybridized carbons (Fsp3) is 0.500. The van der Waals surface area contributed by atoms with Crippen molar-refractivity contribution in [2.24, 2.45) is 0 Å². The van der Waals surface area contributed by atoms with Crippen LogP contribution in [0.4, 0.5) is 5.69 Å². The van der Waals surface area contributed by atoms with Gasteiger partial charge in [0.05, 0.1) is 0 Å². The fourth-order valence-corrected chi connectivity index (χ4v) is 1.87. The summed E-state index contributed by atoms with van der Waals surface area (Å²) >= 11 is 7.64. The Morgan fingerprint density at radius 3 is 2.75 bits per heavy atom. The molecule has 1 heterocycles. The third-order valence-electron chi connectivity index (χ3n) is 1.71. The second kappa shape index (κ2) is 6.01. The Hall–Kier alpha value is -0.872. The molecule has 0 atom stereocenters. The summed E-state index contributed by atoms with van der Waals surface area (Å²) in [6.45, 7) is 2.49. The molecule has 16 heavy (non-hydrogen) atoms. The third kappa shape index (κ3) is 3.32. The maximum absolute atomic E-state index is 10.6. The Morgan fingerprint density at radius 1 is 1.56 bits per heavy atom. The molecule has 0 aliphatic heterocycles. The Balaban J connectivity index is 2.87. The summed E-state index contributed by atoms with van der Waals surface area (Å²) in [5, 5.41) is 10.4. The number of hydrogen-bond acceptors (Lipinski definition) is 5. The number of halogens is 1. The zero-order valence-electron chi connectivity index (χ0n) is 8.51. The summed E-state index contributed by atoms with van der Waals surface area (Å²) < 4.78 is 5.35. The molecule has 86 valence electrons. The summed E-state index contributed by atoms with van der Waals surface area (Å²) in [5.41, 5.74) is -0.301. The van der Waals surface area contributed by atoms with Gasteiger partial charge in [-0.3, -0.25) is 0 Å². The number of aromatic nitrogens is 2. The maximum atomic E-state index is 10.6. The molecule has 0 bridgehead atoms. The van der Waals surface area contributed by atoms with Gasteiger partial charge in [-0.1, -0.05) is 0 Å². The van der Waals surface area contributed by atoms with E-state index in [1.54, 1.807) is 0 Å². The summed E-state index contributed by atoms with van der Waals surface area (Å²) in [5.74, 6) is 0. The van der Waals surface area contributed by atoms with Crippen LogP contribution in [0.5, 0.6) is 6.01 Å². The third-order valence-corrected chi connectivity index (χ3v) is 2.63. The number of ether oxygens (including phenoxy) is 1. The average molecular weight is 306 g/mol. The summed E-state index contributed by atoms with van der Waals surface area (Å²) in [7, 11) is 0. The van der Waals surface area contributed by atoms with Crippen molar-refractivity contribution in [3.05, 3.63) is 15.3 Å². The van der Waals surface area contributed by atoms with Gasteiger partial charge >= 0.3 is 106 Å². The molecule has 0 amide bonds. The van der Waals surface area contributed by atoms with Crippen molar-refractivity contribution in [2.75, 3.05) is 6.61 Å². The van der Waals surface area contributed by atoms with E-state index in [-0.39, 0.29) is 21.3 Å². The van der Waals surface area contributed by atoms with E-state index in [1.165, 1.54) is 0 Å². The Morgan fingerprint density at radius 2 is 2.25 bits per heavy atom. The van der Waals surface area contributed by atoms with Crippen molar-refractivity contribution >= 4 is 38.6 Å². The normalized spacial score (nSPS) is 10.2. The first-order chi connectivity index (χ1) is 7.56. The van der Waals surface area contributed by atoms with Crippen LogP contribution in [-0.4, -0.2) is 38.4 Å². The van der Waals surface area contributed by atoms with Crippen molar-refractivity contribution in [2.45, 2.75) is 19.8 Å². The van der Waals surface area contributed by atoms with E-state index in [2.05, 4.69) is 9.97 Å². The van der Waals surface area contributed by atoms with Gasteiger partial charge in [0.15, 0.2) is 0 Å². The van der Waals surface area contributed by atoms with E-state index in [4.69, 9.17) is 16.3 Å². The van der Waals surface area contributed by atoms with Gasteiger partial charge in [-0.2, -0.15) is 0 Å². The van der Waals surface area contributed by atoms with E-state index >= 15 is 0 Å². The van der Waals surface area contributed by atoms with E-state index in [0.717, 1.165) is 12.8 Å². The molecular weight excluding hydrogens is 296 g/mol. The SMILES string of the molecule is CCCCOc1nc(Cl)c([N+](=O)[O-])c([As])n1. The summed E-state index contributed by atoms with van der Waals surface area (Å²) in [6, 6.07) is 0.0691. The van der Waals surface area contributed by atoms with Crippen LogP contribution < -0.4 is 9.22 Å². The number of rotatable bonds is 5. The molecule has 0 spiro atoms. The first-order valence-electron chi connectivity index (χ1n) is 4.60. The summed E-state index contributed by atoms with van der Waals surface area (Å²) in [6.07, 6.45) is 1.85. The van der Waals surface area contributed by atoms with Crippen molar-refractivity contribution in [3.63, 3.8) is 0 Å². The molecule has 6 nitrogen and oxygen atoms in total. The quantitative estimate of drug-likeness (QED) is 0.267. The van der Waals surface area contributed by atoms with E-state index < -0.39 is 4.92 Å². The van der Waals surface area contributed by atoms with Crippen molar-refractivity contribution in [1.29, 1.82) is 0 Å². The molecule has 0 N–H and O–H groups in total. The second-order valence-corrected chi connectivity index (χ2v) is 4.18. The van der Waals surface area contributed by atoms with E-state index in [1.807, 2.05) is 23.8 Å². The molecule has 0 saturated carbocycles. The number of hydrogen-bond donors (Lipinski definition) is 0. The number of unbranched alkanes of at least 4 members (excludes halogenated alkanes) is 1. The van der Waals surface area contributed by atoms with Crippen LogP contribution in [0.1, 0.15) is 19.8 Å². The number of nitro groups is 1. The van der Waals surface area contributed by atoms with Crippen LogP contribution in [0.2, 0.25) is 5.15 Å². The molecule has 1 aromatic rings. The predicted octanol–water partition coefficient (Wildman–Crippen LogP) is 1.01. The van der Waals surface area contributed by atoms with Gasteiger partial charge in [-0.25, -0.2) is 0 Å². The molecule has 0 aliphatic rings. The molecule has 8 heteroatoms. The van der Waals surface area contributed by atoms with Gasteiger partial charge in [0.2, 0.25) is 0 Å². The van der Waals surface area contributed by atoms with Gasteiger partial charge in [-0.05, 0) is 0 Å². The van der Waals surface area contributed by atoms with Crippen LogP contribution in [0.3, 0.4) is 0 Å². The van der Waals surface area contributed by atoms with Gasteiger partial charge < -0.3 is 0 Å². The van der Waals surface area contributed by atoms with Crippen LogP contribution in [0.15, 0.2) is 0 Å². The fourth-order valence-electron chi connectivity index (χ4n) is 0.927. The second-order valence-electron chi connectivity index (χ2n) is 2.93. The van der Waals surface area contributed by atoms with Crippen LogP contribution in [-0.2, 0) is 0 Å². The predicted molar refractivity (Wildman–Crippen MR) is 59.5 cm³/mol. The van der Waals surface area contributed by atoms with E-state index in [9.17, 15) is 10.1 Å². The molecule has 1 aromatic heterocycles. The van der Waals surface area contributed by atoms with Crippen LogP contribution in [0, 0.1) is 10.1 Å². The Labute approximate surface area is 106 Å². The minimum absolute atomic E-state index is 0.0691. The average Bonchev–Trinajstić information content (AvgIpc) is 2.16. The van der Waals surface area contributed by atoms with Crippen molar-refractivity contribution in [3.8, 4) is 6.01 Å². The molecule has 0 unspecified atom stereocenters. The van der Waals surface area contributed by atoms with Crippen LogP contribution in [0.25, 0.3) is 0 Å². The topological polar surface area (TPSA) is 78.2 Å². The zero-order valence-corrected chi connectivity index (χ0v) is 11.1. The van der Waals surface area contributed by atoms with Crippen molar-refractivity contribution in [1.82, 2.24) is 9.97 Å². The molecule has 1 rings (SSSR count). The van der Waals surface area contributed by atoms with Crippen molar-refractivity contribution < 1.29 is 9.66 Å². The molecule has 0 aromatic carbocycles. The Bertz CT molecular complexity index is 379. The number of nitrogens with zero attached hydrogens (tertiary/aromatic N) is 3. The van der Waals surface area contributed by atoms with Gasteiger partial charge in [0, 0.05) is 0 Å². The first-order valence-corrected chi connectivity index (χ1v) is 5.91. The van der Waals surface area contributed by atoms with E-state index in [0.29, 0.717) is 6.61 Å².